The van der Waals surface area contributed by atoms with E-state index in [1.807, 2.05) is 27.7 Å². The van der Waals surface area contributed by atoms with Crippen LogP contribution >= 0.6 is 0 Å². The topological polar surface area (TPSA) is 66.4 Å². The molecule has 0 radical (unpaired) electrons. The quantitative estimate of drug-likeness (QED) is 0.806. The molecule has 4 heteroatoms. The first-order chi connectivity index (χ1) is 8.64. The number of nitrogens with one attached hydrogen (secondary N) is 1. The summed E-state index contributed by atoms with van der Waals surface area (Å²) in [6.07, 6.45) is 4.58. The van der Waals surface area contributed by atoms with Crippen LogP contribution in [0, 0.1) is 16.7 Å². The van der Waals surface area contributed by atoms with Crippen molar-refractivity contribution < 1.29 is 14.7 Å². The van der Waals surface area contributed by atoms with E-state index >= 15 is 0 Å². The summed E-state index contributed by atoms with van der Waals surface area (Å²) < 4.78 is 0. The van der Waals surface area contributed by atoms with Crippen LogP contribution < -0.4 is 5.32 Å². The van der Waals surface area contributed by atoms with Crippen LogP contribution in [-0.2, 0) is 9.59 Å². The van der Waals surface area contributed by atoms with Gasteiger partial charge in [0.2, 0.25) is 5.91 Å². The average molecular weight is 269 g/mol. The third-order valence-electron chi connectivity index (χ3n) is 3.97. The summed E-state index contributed by atoms with van der Waals surface area (Å²) in [5.41, 5.74) is -0.337. The van der Waals surface area contributed by atoms with Crippen molar-refractivity contribution >= 4 is 11.9 Å². The molecule has 19 heavy (non-hydrogen) atoms. The first kappa shape index (κ1) is 16.0. The lowest BCUT2D eigenvalue weighted by atomic mass is 9.84. The maximum Gasteiger partial charge on any atom is 0.308 e. The van der Waals surface area contributed by atoms with Gasteiger partial charge >= 0.3 is 5.97 Å². The lowest BCUT2D eigenvalue weighted by Gasteiger charge is -2.26. The van der Waals surface area contributed by atoms with Crippen LogP contribution in [0.4, 0.5) is 0 Å². The number of hydrogen-bond donors (Lipinski definition) is 2. The second kappa shape index (κ2) is 5.93. The number of carbonyl (C=O) groups is 2. The molecule has 0 bridgehead atoms. The van der Waals surface area contributed by atoms with Crippen molar-refractivity contribution in [3.05, 3.63) is 0 Å². The fraction of sp³-hybridized carbons (Fsp3) is 0.867. The van der Waals surface area contributed by atoms with Gasteiger partial charge in [0.1, 0.15) is 0 Å². The third kappa shape index (κ3) is 4.84. The van der Waals surface area contributed by atoms with Gasteiger partial charge in [-0.2, -0.15) is 0 Å². The monoisotopic (exact) mass is 269 g/mol. The highest BCUT2D eigenvalue weighted by Gasteiger charge is 2.36. The Morgan fingerprint density at radius 1 is 1.26 bits per heavy atom. The second-order valence-corrected chi connectivity index (χ2v) is 7.28. The molecule has 2 N–H and O–H groups in total. The zero-order chi connectivity index (χ0) is 14.7. The van der Waals surface area contributed by atoms with Crippen LogP contribution in [0.2, 0.25) is 0 Å². The molecule has 110 valence electrons. The van der Waals surface area contributed by atoms with Crippen LogP contribution in [0.3, 0.4) is 0 Å². The molecule has 0 aliphatic heterocycles. The Kier molecular flexibility index (Phi) is 4.99. The smallest absolute Gasteiger partial charge is 0.308 e. The van der Waals surface area contributed by atoms with Crippen LogP contribution in [0.5, 0.6) is 0 Å². The van der Waals surface area contributed by atoms with Gasteiger partial charge in [0.05, 0.1) is 5.92 Å². The highest BCUT2D eigenvalue weighted by atomic mass is 16.4. The van der Waals surface area contributed by atoms with Crippen molar-refractivity contribution in [3.8, 4) is 0 Å². The van der Waals surface area contributed by atoms with Crippen LogP contribution in [0.15, 0.2) is 0 Å². The van der Waals surface area contributed by atoms with E-state index in [0.29, 0.717) is 6.42 Å². The Morgan fingerprint density at radius 2 is 1.79 bits per heavy atom. The van der Waals surface area contributed by atoms with Crippen LogP contribution in [0.25, 0.3) is 0 Å². The summed E-state index contributed by atoms with van der Waals surface area (Å²) in [5, 5.41) is 12.1. The summed E-state index contributed by atoms with van der Waals surface area (Å²) >= 11 is 0. The molecule has 1 aliphatic rings. The van der Waals surface area contributed by atoms with Crippen molar-refractivity contribution in [1.82, 2.24) is 5.32 Å². The van der Waals surface area contributed by atoms with Gasteiger partial charge in [0.15, 0.2) is 0 Å². The van der Waals surface area contributed by atoms with Crippen LogP contribution in [0.1, 0.15) is 59.8 Å². The van der Waals surface area contributed by atoms with E-state index in [1.54, 1.807) is 0 Å². The number of carbonyl (C=O) groups excluding carboxylic acids is 1. The number of amides is 1. The van der Waals surface area contributed by atoms with E-state index in [4.69, 9.17) is 0 Å². The van der Waals surface area contributed by atoms with E-state index in [9.17, 15) is 14.7 Å². The van der Waals surface area contributed by atoms with E-state index in [0.717, 1.165) is 25.7 Å². The predicted molar refractivity (Wildman–Crippen MR) is 74.8 cm³/mol. The van der Waals surface area contributed by atoms with Gasteiger partial charge in [0, 0.05) is 12.0 Å². The highest BCUT2D eigenvalue weighted by Crippen LogP contribution is 2.37. The van der Waals surface area contributed by atoms with Crippen molar-refractivity contribution in [2.45, 2.75) is 59.8 Å². The van der Waals surface area contributed by atoms with E-state index < -0.39 is 11.9 Å². The molecule has 0 aromatic heterocycles. The molecule has 1 unspecified atom stereocenters. The Bertz CT molecular complexity index is 338. The van der Waals surface area contributed by atoms with E-state index in [1.165, 1.54) is 0 Å². The summed E-state index contributed by atoms with van der Waals surface area (Å²) in [6, 6.07) is 0. The molecule has 4 nitrogen and oxygen atoms in total. The zero-order valence-corrected chi connectivity index (χ0v) is 12.6. The van der Waals surface area contributed by atoms with Crippen molar-refractivity contribution in [2.24, 2.45) is 16.7 Å². The van der Waals surface area contributed by atoms with Gasteiger partial charge in [-0.15, -0.1) is 0 Å². The molecule has 1 aliphatic carbocycles. The Labute approximate surface area is 116 Å². The SMILES string of the molecule is CC(C)(C)CC(CNC(=O)C1(C)CCCC1)C(=O)O. The molecule has 1 amide bonds. The molecule has 1 rings (SSSR count). The first-order valence-corrected chi connectivity index (χ1v) is 7.15. The predicted octanol–water partition coefficient (Wildman–Crippen LogP) is 2.82. The van der Waals surface area contributed by atoms with Crippen molar-refractivity contribution in [3.63, 3.8) is 0 Å². The summed E-state index contributed by atoms with van der Waals surface area (Å²) in [7, 11) is 0. The Hall–Kier alpha value is -1.06. The zero-order valence-electron chi connectivity index (χ0n) is 12.6. The minimum absolute atomic E-state index is 0.0187. The average Bonchev–Trinajstić information content (AvgIpc) is 2.70. The molecule has 0 saturated heterocycles. The fourth-order valence-corrected chi connectivity index (χ4v) is 2.80. The molecule has 0 aromatic rings. The largest absolute Gasteiger partial charge is 0.481 e. The standard InChI is InChI=1S/C15H27NO3/c1-14(2,3)9-11(12(17)18)10-16-13(19)15(4)7-5-6-8-15/h11H,5-10H2,1-4H3,(H,16,19)(H,17,18). The van der Waals surface area contributed by atoms with E-state index in [2.05, 4.69) is 5.32 Å². The summed E-state index contributed by atoms with van der Waals surface area (Å²) in [5.74, 6) is -1.31. The van der Waals surface area contributed by atoms with Crippen molar-refractivity contribution in [2.75, 3.05) is 6.54 Å². The maximum absolute atomic E-state index is 12.2. The number of carboxylic acid groups (broad SMARTS) is 1. The van der Waals surface area contributed by atoms with Gasteiger partial charge in [-0.25, -0.2) is 0 Å². The molecule has 0 spiro atoms. The van der Waals surface area contributed by atoms with Gasteiger partial charge in [-0.05, 0) is 24.7 Å². The van der Waals surface area contributed by atoms with Gasteiger partial charge in [-0.3, -0.25) is 9.59 Å². The van der Waals surface area contributed by atoms with Gasteiger partial charge in [-0.1, -0.05) is 40.5 Å². The minimum atomic E-state index is -0.827. The number of aliphatic carboxylic acids is 1. The lowest BCUT2D eigenvalue weighted by molar-refractivity contribution is -0.143. The summed E-state index contributed by atoms with van der Waals surface area (Å²) in [6.45, 7) is 8.27. The second-order valence-electron chi connectivity index (χ2n) is 7.28. The highest BCUT2D eigenvalue weighted by molar-refractivity contribution is 5.83. The number of carboxylic acids is 1. The maximum atomic E-state index is 12.2. The molecular weight excluding hydrogens is 242 g/mol. The van der Waals surface area contributed by atoms with Gasteiger partial charge < -0.3 is 10.4 Å². The number of rotatable bonds is 5. The van der Waals surface area contributed by atoms with Gasteiger partial charge in [0.25, 0.3) is 0 Å². The first-order valence-electron chi connectivity index (χ1n) is 7.15. The van der Waals surface area contributed by atoms with E-state index in [-0.39, 0.29) is 23.3 Å². The Morgan fingerprint density at radius 3 is 2.21 bits per heavy atom. The molecular formula is C15H27NO3. The fourth-order valence-electron chi connectivity index (χ4n) is 2.80. The third-order valence-corrected chi connectivity index (χ3v) is 3.97. The van der Waals surface area contributed by atoms with Crippen LogP contribution in [-0.4, -0.2) is 23.5 Å². The van der Waals surface area contributed by atoms with Crippen molar-refractivity contribution in [1.29, 1.82) is 0 Å². The molecule has 0 aromatic carbocycles. The normalized spacial score (nSPS) is 20.0. The molecule has 1 atom stereocenters. The Balaban J connectivity index is 2.52. The summed E-state index contributed by atoms with van der Waals surface area (Å²) in [4.78, 5) is 23.4. The lowest BCUT2D eigenvalue weighted by Crippen LogP contribution is -2.41. The molecule has 1 saturated carbocycles. The molecule has 0 heterocycles. The molecule has 1 fully saturated rings. The number of hydrogen-bond acceptors (Lipinski definition) is 2. The minimum Gasteiger partial charge on any atom is -0.481 e.